The molecular weight excluding hydrogens is 875 g/mol. The molecule has 0 aliphatic carbocycles. The molecule has 6 heteroatoms. The summed E-state index contributed by atoms with van der Waals surface area (Å²) in [5.41, 5.74) is 0. The fraction of sp³-hybridized carbons (Fsp3) is 0.846. The van der Waals surface area contributed by atoms with Crippen molar-refractivity contribution in [2.45, 2.75) is 341 Å². The van der Waals surface area contributed by atoms with E-state index in [0.717, 1.165) is 77.0 Å². The van der Waals surface area contributed by atoms with Gasteiger partial charge in [-0.1, -0.05) is 274 Å². The van der Waals surface area contributed by atoms with Crippen LogP contribution >= 0.6 is 0 Å². The van der Waals surface area contributed by atoms with Crippen LogP contribution in [0.25, 0.3) is 0 Å². The number of unbranched alkanes of at least 4 members (excludes halogenated alkanes) is 40. The van der Waals surface area contributed by atoms with Crippen molar-refractivity contribution in [2.24, 2.45) is 0 Å². The second-order valence-electron chi connectivity index (χ2n) is 21.4. The number of hydrogen-bond acceptors (Lipinski definition) is 5. The first-order valence-electron chi connectivity index (χ1n) is 31.4. The second-order valence-corrected chi connectivity index (χ2v) is 21.4. The first-order valence-corrected chi connectivity index (χ1v) is 31.4. The first kappa shape index (κ1) is 68.8. The van der Waals surface area contributed by atoms with Gasteiger partial charge in [-0.15, -0.1) is 0 Å². The van der Waals surface area contributed by atoms with Gasteiger partial charge >= 0.3 is 5.97 Å². The van der Waals surface area contributed by atoms with Gasteiger partial charge in [-0.05, 0) is 89.9 Å². The van der Waals surface area contributed by atoms with E-state index in [1.54, 1.807) is 0 Å². The quantitative estimate of drug-likeness (QED) is 0.0244. The molecule has 0 heterocycles. The molecule has 1 amide bonds. The van der Waals surface area contributed by atoms with E-state index in [1.165, 1.54) is 218 Å². The maximum atomic E-state index is 12.5. The molecule has 0 aromatic rings. The fourth-order valence-corrected chi connectivity index (χ4v) is 9.54. The molecule has 3 N–H and O–H groups in total. The normalized spacial score (nSPS) is 12.9. The Bertz CT molecular complexity index is 1190. The molecule has 0 aliphatic rings. The highest BCUT2D eigenvalue weighted by Crippen LogP contribution is 2.17. The highest BCUT2D eigenvalue weighted by molar-refractivity contribution is 5.76. The van der Waals surface area contributed by atoms with E-state index in [2.05, 4.69) is 67.8 Å². The van der Waals surface area contributed by atoms with Crippen LogP contribution in [0.3, 0.4) is 0 Å². The smallest absolute Gasteiger partial charge is 0.305 e. The summed E-state index contributed by atoms with van der Waals surface area (Å²) in [4.78, 5) is 24.6. The van der Waals surface area contributed by atoms with Crippen LogP contribution < -0.4 is 5.32 Å². The average molecular weight is 997 g/mol. The van der Waals surface area contributed by atoms with Crippen molar-refractivity contribution in [3.63, 3.8) is 0 Å². The molecule has 0 bridgehead atoms. The molecule has 0 aromatic carbocycles. The van der Waals surface area contributed by atoms with Crippen LogP contribution in [0.4, 0.5) is 0 Å². The Hall–Kier alpha value is -2.18. The summed E-state index contributed by atoms with van der Waals surface area (Å²) in [6, 6.07) is -0.551. The van der Waals surface area contributed by atoms with Crippen molar-refractivity contribution in [3.8, 4) is 0 Å². The van der Waals surface area contributed by atoms with Gasteiger partial charge in [0.25, 0.3) is 0 Å². The molecule has 2 unspecified atom stereocenters. The third kappa shape index (κ3) is 57.0. The number of nitrogens with one attached hydrogen (secondary N) is 1. The monoisotopic (exact) mass is 996 g/mol. The van der Waals surface area contributed by atoms with Gasteiger partial charge in [0.05, 0.1) is 25.4 Å². The summed E-state index contributed by atoms with van der Waals surface area (Å²) in [6.07, 6.45) is 76.9. The molecule has 0 aliphatic heterocycles. The number of esters is 1. The summed E-state index contributed by atoms with van der Waals surface area (Å²) in [5.74, 6) is -0.0701. The van der Waals surface area contributed by atoms with Gasteiger partial charge in [-0.25, -0.2) is 0 Å². The highest BCUT2D eigenvalue weighted by Gasteiger charge is 2.20. The Kier molecular flexibility index (Phi) is 58.5. The summed E-state index contributed by atoms with van der Waals surface area (Å²) in [5, 5.41) is 23.3. The Labute approximate surface area is 442 Å². The topological polar surface area (TPSA) is 95.9 Å². The van der Waals surface area contributed by atoms with E-state index in [1.807, 2.05) is 0 Å². The van der Waals surface area contributed by atoms with Gasteiger partial charge in [-0.3, -0.25) is 9.59 Å². The maximum Gasteiger partial charge on any atom is 0.305 e. The Morgan fingerprint density at radius 2 is 0.746 bits per heavy atom. The van der Waals surface area contributed by atoms with Crippen LogP contribution in [0, 0.1) is 0 Å². The van der Waals surface area contributed by atoms with Gasteiger partial charge in [0.15, 0.2) is 0 Å². The Balaban J connectivity index is 3.49. The lowest BCUT2D eigenvalue weighted by Gasteiger charge is -2.22. The van der Waals surface area contributed by atoms with Crippen molar-refractivity contribution >= 4 is 11.9 Å². The summed E-state index contributed by atoms with van der Waals surface area (Å²) in [7, 11) is 0. The minimum absolute atomic E-state index is 0.0268. The number of carbonyl (C=O) groups excluding carboxylic acids is 2. The number of hydrogen-bond donors (Lipinski definition) is 3. The van der Waals surface area contributed by atoms with Crippen molar-refractivity contribution < 1.29 is 24.5 Å². The van der Waals surface area contributed by atoms with Crippen molar-refractivity contribution in [1.29, 1.82) is 0 Å². The largest absolute Gasteiger partial charge is 0.466 e. The third-order valence-corrected chi connectivity index (χ3v) is 14.4. The van der Waals surface area contributed by atoms with Gasteiger partial charge < -0.3 is 20.3 Å². The molecule has 2 atom stereocenters. The fourth-order valence-electron chi connectivity index (χ4n) is 9.54. The van der Waals surface area contributed by atoms with Gasteiger partial charge in [0.2, 0.25) is 5.91 Å². The maximum absolute atomic E-state index is 12.5. The first-order chi connectivity index (χ1) is 35.0. The lowest BCUT2D eigenvalue weighted by Crippen LogP contribution is -2.45. The van der Waals surface area contributed by atoms with Gasteiger partial charge in [-0.2, -0.15) is 0 Å². The summed E-state index contributed by atoms with van der Waals surface area (Å²) in [6.45, 7) is 4.90. The Morgan fingerprint density at radius 3 is 1.17 bits per heavy atom. The number of aliphatic hydroxyl groups excluding tert-OH is 2. The molecule has 0 rings (SSSR count). The van der Waals surface area contributed by atoms with Crippen LogP contribution in [0.5, 0.6) is 0 Å². The summed E-state index contributed by atoms with van der Waals surface area (Å²) < 4.78 is 5.45. The zero-order valence-corrected chi connectivity index (χ0v) is 47.5. The van der Waals surface area contributed by atoms with Gasteiger partial charge in [0.1, 0.15) is 0 Å². The molecule has 71 heavy (non-hydrogen) atoms. The highest BCUT2D eigenvalue weighted by atomic mass is 16.5. The average Bonchev–Trinajstić information content (AvgIpc) is 3.37. The van der Waals surface area contributed by atoms with E-state index in [4.69, 9.17) is 4.74 Å². The van der Waals surface area contributed by atoms with Gasteiger partial charge in [0, 0.05) is 12.8 Å². The zero-order chi connectivity index (χ0) is 51.4. The molecule has 0 aromatic heterocycles. The number of rotatable bonds is 58. The van der Waals surface area contributed by atoms with Crippen LogP contribution in [0.1, 0.15) is 328 Å². The third-order valence-electron chi connectivity index (χ3n) is 14.4. The molecule has 0 saturated heterocycles. The second kappa shape index (κ2) is 60.4. The molecule has 0 fully saturated rings. The van der Waals surface area contributed by atoms with E-state index in [-0.39, 0.29) is 18.5 Å². The molecule has 416 valence electrons. The van der Waals surface area contributed by atoms with E-state index in [0.29, 0.717) is 25.9 Å². The van der Waals surface area contributed by atoms with Crippen LogP contribution in [0.15, 0.2) is 48.6 Å². The number of amides is 1. The molecule has 6 nitrogen and oxygen atoms in total. The molecule has 0 spiro atoms. The van der Waals surface area contributed by atoms with Crippen molar-refractivity contribution in [2.75, 3.05) is 13.2 Å². The minimum atomic E-state index is -0.673. The molecule has 0 saturated carbocycles. The van der Waals surface area contributed by atoms with Crippen molar-refractivity contribution in [3.05, 3.63) is 48.6 Å². The lowest BCUT2D eigenvalue weighted by molar-refractivity contribution is -0.143. The lowest BCUT2D eigenvalue weighted by atomic mass is 10.0. The SMILES string of the molecule is CCCCCC/C=C\C/C=C\CCCCCCCC(=O)OCCCCC/C=C\C=C/CCCCCCCCCCCCC(=O)NC(CO)C(O)CCCCCCCCCCCCCCCCCCCCC. The van der Waals surface area contributed by atoms with Crippen LogP contribution in [-0.4, -0.2) is 47.4 Å². The Morgan fingerprint density at radius 1 is 0.408 bits per heavy atom. The standard InChI is InChI=1S/C65H121NO5/c1-3-5-7-9-11-13-15-17-19-21-23-26-29-33-37-41-45-49-53-57-63(68)62(61-67)66-64(69)58-54-50-46-42-38-34-30-27-24-22-25-28-32-36-40-44-48-52-56-60-71-65(70)59-55-51-47-43-39-35-31-20-18-16-14-12-10-8-6-4-2/h14,16,20,28,31-32,36,40,62-63,67-68H,3-13,15,17-19,21-27,29-30,33-35,37-39,41-61H2,1-2H3,(H,66,69)/b16-14-,31-20-,32-28-,40-36-. The number of carbonyl (C=O) groups is 2. The van der Waals surface area contributed by atoms with Crippen molar-refractivity contribution in [1.82, 2.24) is 5.32 Å². The van der Waals surface area contributed by atoms with Crippen LogP contribution in [-0.2, 0) is 14.3 Å². The number of aliphatic hydroxyl groups is 2. The summed E-state index contributed by atoms with van der Waals surface area (Å²) >= 11 is 0. The molecular formula is C65H121NO5. The minimum Gasteiger partial charge on any atom is -0.466 e. The molecule has 0 radical (unpaired) electrons. The van der Waals surface area contributed by atoms with E-state index < -0.39 is 12.1 Å². The van der Waals surface area contributed by atoms with E-state index >= 15 is 0 Å². The zero-order valence-electron chi connectivity index (χ0n) is 47.5. The predicted molar refractivity (Wildman–Crippen MR) is 310 cm³/mol. The predicted octanol–water partition coefficient (Wildman–Crippen LogP) is 19.7. The number of ether oxygens (including phenoxy) is 1. The number of allylic oxidation sites excluding steroid dienone is 8. The van der Waals surface area contributed by atoms with E-state index in [9.17, 15) is 19.8 Å². The van der Waals surface area contributed by atoms with Crippen LogP contribution in [0.2, 0.25) is 0 Å².